The number of hydrogen-bond donors (Lipinski definition) is 2. The zero-order valence-corrected chi connectivity index (χ0v) is 13.7. The molecular weight excluding hydrogens is 256 g/mol. The SMILES string of the molecule is CCCCC(CC)CNC(=O)C(CC)(CC)C(N)=S. The predicted molar refractivity (Wildman–Crippen MR) is 86.1 cm³/mol. The molecule has 0 aromatic heterocycles. The Hall–Kier alpha value is -0.640. The van der Waals surface area contributed by atoms with Crippen molar-refractivity contribution in [2.24, 2.45) is 17.1 Å². The fourth-order valence-corrected chi connectivity index (χ4v) is 2.76. The van der Waals surface area contributed by atoms with Crippen LogP contribution in [0, 0.1) is 11.3 Å². The molecule has 0 aliphatic heterocycles. The molecule has 112 valence electrons. The summed E-state index contributed by atoms with van der Waals surface area (Å²) >= 11 is 5.10. The third-order valence-corrected chi connectivity index (χ3v) is 4.60. The second-order valence-electron chi connectivity index (χ2n) is 5.28. The summed E-state index contributed by atoms with van der Waals surface area (Å²) < 4.78 is 0. The van der Waals surface area contributed by atoms with E-state index in [0.717, 1.165) is 13.0 Å². The molecule has 1 amide bonds. The van der Waals surface area contributed by atoms with E-state index in [1.807, 2.05) is 13.8 Å². The summed E-state index contributed by atoms with van der Waals surface area (Å²) in [5, 5.41) is 3.06. The number of carbonyl (C=O) groups is 1. The van der Waals surface area contributed by atoms with E-state index >= 15 is 0 Å². The molecule has 3 nitrogen and oxygen atoms in total. The number of rotatable bonds is 10. The highest BCUT2D eigenvalue weighted by molar-refractivity contribution is 7.80. The number of nitrogens with one attached hydrogen (secondary N) is 1. The van der Waals surface area contributed by atoms with Gasteiger partial charge < -0.3 is 11.1 Å². The van der Waals surface area contributed by atoms with E-state index in [4.69, 9.17) is 18.0 Å². The number of hydrogen-bond acceptors (Lipinski definition) is 2. The van der Waals surface area contributed by atoms with Crippen LogP contribution in [-0.2, 0) is 4.79 Å². The van der Waals surface area contributed by atoms with Gasteiger partial charge in [-0.1, -0.05) is 59.2 Å². The zero-order valence-electron chi connectivity index (χ0n) is 12.9. The first-order valence-corrected chi connectivity index (χ1v) is 7.97. The third kappa shape index (κ3) is 5.09. The minimum absolute atomic E-state index is 0.0000477. The molecule has 0 spiro atoms. The van der Waals surface area contributed by atoms with Gasteiger partial charge in [-0.2, -0.15) is 0 Å². The van der Waals surface area contributed by atoms with Gasteiger partial charge in [0.1, 0.15) is 0 Å². The summed E-state index contributed by atoms with van der Waals surface area (Å²) in [6.07, 6.45) is 6.01. The zero-order chi connectivity index (χ0) is 14.9. The largest absolute Gasteiger partial charge is 0.392 e. The van der Waals surface area contributed by atoms with E-state index in [1.54, 1.807) is 0 Å². The maximum Gasteiger partial charge on any atom is 0.233 e. The Labute approximate surface area is 123 Å². The minimum atomic E-state index is -0.668. The highest BCUT2D eigenvalue weighted by Gasteiger charge is 2.37. The van der Waals surface area contributed by atoms with Gasteiger partial charge in [0, 0.05) is 6.54 Å². The van der Waals surface area contributed by atoms with Gasteiger partial charge in [-0.25, -0.2) is 0 Å². The fraction of sp³-hybridized carbons (Fsp3) is 0.867. The molecule has 0 aromatic rings. The van der Waals surface area contributed by atoms with Crippen LogP contribution < -0.4 is 11.1 Å². The van der Waals surface area contributed by atoms with Crippen LogP contribution in [0.5, 0.6) is 0 Å². The lowest BCUT2D eigenvalue weighted by atomic mass is 9.81. The number of amides is 1. The van der Waals surface area contributed by atoms with Crippen molar-refractivity contribution in [3.8, 4) is 0 Å². The number of carbonyl (C=O) groups excluding carboxylic acids is 1. The monoisotopic (exact) mass is 286 g/mol. The molecule has 3 N–H and O–H groups in total. The average molecular weight is 286 g/mol. The molecule has 0 radical (unpaired) electrons. The maximum atomic E-state index is 12.4. The van der Waals surface area contributed by atoms with Crippen molar-refractivity contribution in [2.75, 3.05) is 6.54 Å². The van der Waals surface area contributed by atoms with Crippen LogP contribution in [0.2, 0.25) is 0 Å². The Morgan fingerprint density at radius 3 is 2.21 bits per heavy atom. The van der Waals surface area contributed by atoms with Gasteiger partial charge in [-0.15, -0.1) is 0 Å². The van der Waals surface area contributed by atoms with Gasteiger partial charge in [-0.3, -0.25) is 4.79 Å². The fourth-order valence-electron chi connectivity index (χ4n) is 2.38. The Kier molecular flexibility index (Phi) is 8.98. The van der Waals surface area contributed by atoms with Crippen molar-refractivity contribution in [3.05, 3.63) is 0 Å². The van der Waals surface area contributed by atoms with Crippen molar-refractivity contribution >= 4 is 23.1 Å². The van der Waals surface area contributed by atoms with Crippen molar-refractivity contribution in [1.82, 2.24) is 5.32 Å². The first-order chi connectivity index (χ1) is 8.98. The minimum Gasteiger partial charge on any atom is -0.392 e. The van der Waals surface area contributed by atoms with Gasteiger partial charge in [0.25, 0.3) is 0 Å². The number of thiocarbonyl (C=S) groups is 1. The molecule has 0 aromatic carbocycles. The summed E-state index contributed by atoms with van der Waals surface area (Å²) in [6, 6.07) is 0. The smallest absolute Gasteiger partial charge is 0.233 e. The van der Waals surface area contributed by atoms with Crippen LogP contribution in [0.4, 0.5) is 0 Å². The highest BCUT2D eigenvalue weighted by atomic mass is 32.1. The van der Waals surface area contributed by atoms with Gasteiger partial charge >= 0.3 is 0 Å². The molecule has 0 aliphatic rings. The molecule has 0 saturated carbocycles. The van der Waals surface area contributed by atoms with E-state index in [1.165, 1.54) is 19.3 Å². The molecular formula is C15H30N2OS. The molecule has 0 heterocycles. The van der Waals surface area contributed by atoms with E-state index in [9.17, 15) is 4.79 Å². The van der Waals surface area contributed by atoms with Crippen LogP contribution in [0.1, 0.15) is 66.2 Å². The van der Waals surface area contributed by atoms with E-state index < -0.39 is 5.41 Å². The Balaban J connectivity index is 4.52. The summed E-state index contributed by atoms with van der Waals surface area (Å²) in [6.45, 7) is 9.04. The molecule has 0 saturated heterocycles. The van der Waals surface area contributed by atoms with Crippen LogP contribution in [-0.4, -0.2) is 17.4 Å². The lowest BCUT2D eigenvalue weighted by Gasteiger charge is -2.29. The molecule has 0 aliphatic carbocycles. The van der Waals surface area contributed by atoms with E-state index in [-0.39, 0.29) is 5.91 Å². The molecule has 0 rings (SSSR count). The van der Waals surface area contributed by atoms with Crippen molar-refractivity contribution in [1.29, 1.82) is 0 Å². The molecule has 0 fully saturated rings. The molecule has 1 unspecified atom stereocenters. The van der Waals surface area contributed by atoms with Crippen LogP contribution >= 0.6 is 12.2 Å². The predicted octanol–water partition coefficient (Wildman–Crippen LogP) is 3.41. The van der Waals surface area contributed by atoms with Crippen molar-refractivity contribution in [3.63, 3.8) is 0 Å². The van der Waals surface area contributed by atoms with Crippen molar-refractivity contribution in [2.45, 2.75) is 66.2 Å². The quantitative estimate of drug-likeness (QED) is 0.605. The van der Waals surface area contributed by atoms with Gasteiger partial charge in [0.15, 0.2) is 0 Å². The van der Waals surface area contributed by atoms with E-state index in [2.05, 4.69) is 19.2 Å². The number of unbranched alkanes of at least 4 members (excludes halogenated alkanes) is 1. The summed E-state index contributed by atoms with van der Waals surface area (Å²) in [5.41, 5.74) is 5.12. The van der Waals surface area contributed by atoms with Gasteiger partial charge in [-0.05, 0) is 25.2 Å². The second kappa shape index (κ2) is 9.29. The molecule has 19 heavy (non-hydrogen) atoms. The van der Waals surface area contributed by atoms with Crippen LogP contribution in [0.25, 0.3) is 0 Å². The third-order valence-electron chi connectivity index (χ3n) is 4.21. The maximum absolute atomic E-state index is 12.4. The summed E-state index contributed by atoms with van der Waals surface area (Å²) in [4.78, 5) is 12.7. The first-order valence-electron chi connectivity index (χ1n) is 7.56. The average Bonchev–Trinajstić information content (AvgIpc) is 2.40. The Morgan fingerprint density at radius 1 is 1.26 bits per heavy atom. The lowest BCUT2D eigenvalue weighted by molar-refractivity contribution is -0.128. The standard InChI is InChI=1S/C15H30N2OS/c1-5-9-10-12(6-2)11-17-14(18)15(7-3,8-4)13(16)19/h12H,5-11H2,1-4H3,(H2,16,19)(H,17,18). The lowest BCUT2D eigenvalue weighted by Crippen LogP contribution is -2.49. The van der Waals surface area contributed by atoms with Crippen LogP contribution in [0.3, 0.4) is 0 Å². The second-order valence-corrected chi connectivity index (χ2v) is 5.72. The Morgan fingerprint density at radius 2 is 1.84 bits per heavy atom. The molecule has 1 atom stereocenters. The highest BCUT2D eigenvalue weighted by Crippen LogP contribution is 2.27. The van der Waals surface area contributed by atoms with Gasteiger partial charge in [0.2, 0.25) is 5.91 Å². The topological polar surface area (TPSA) is 55.1 Å². The summed E-state index contributed by atoms with van der Waals surface area (Å²) in [5.74, 6) is 0.557. The van der Waals surface area contributed by atoms with E-state index in [0.29, 0.717) is 23.7 Å². The van der Waals surface area contributed by atoms with Gasteiger partial charge in [0.05, 0.1) is 10.4 Å². The molecule has 0 bridgehead atoms. The Bertz CT molecular complexity index is 288. The van der Waals surface area contributed by atoms with Crippen LogP contribution in [0.15, 0.2) is 0 Å². The normalized spacial score (nSPS) is 13.1. The number of nitrogens with two attached hydrogens (primary N) is 1. The first kappa shape index (κ1) is 18.4. The van der Waals surface area contributed by atoms with Crippen molar-refractivity contribution < 1.29 is 4.79 Å². The molecule has 4 heteroatoms. The summed E-state index contributed by atoms with van der Waals surface area (Å²) in [7, 11) is 0.